The van der Waals surface area contributed by atoms with Crippen molar-refractivity contribution in [2.24, 2.45) is 11.7 Å². The summed E-state index contributed by atoms with van der Waals surface area (Å²) >= 11 is 0. The zero-order valence-electron chi connectivity index (χ0n) is 5.31. The maximum absolute atomic E-state index is 6.64. The van der Waals surface area contributed by atoms with E-state index in [0.717, 1.165) is 5.70 Å². The summed E-state index contributed by atoms with van der Waals surface area (Å²) in [6.45, 7) is 3.99. The number of hydrogen-bond acceptors (Lipinski definition) is 2. The van der Waals surface area contributed by atoms with Crippen LogP contribution < -0.4 is 5.73 Å². The molecule has 9 heavy (non-hydrogen) atoms. The molecule has 0 aromatic rings. The molecule has 2 heteroatoms. The first kappa shape index (κ1) is 11.1. The Hall–Kier alpha value is -0.790. The van der Waals surface area contributed by atoms with Gasteiger partial charge >= 0.3 is 0 Å². The Morgan fingerprint density at radius 2 is 2.00 bits per heavy atom. The zero-order chi connectivity index (χ0) is 6.57. The molecule has 0 aliphatic rings. The third-order valence-electron chi connectivity index (χ3n) is 0.942. The average molecular weight is 128 g/mol. The first-order valence-electron chi connectivity index (χ1n) is 2.64. The highest BCUT2D eigenvalue weighted by atomic mass is 14.6. The van der Waals surface area contributed by atoms with Gasteiger partial charge in [0, 0.05) is 11.9 Å². The van der Waals surface area contributed by atoms with E-state index >= 15 is 0 Å². The quantitative estimate of drug-likeness (QED) is 0.547. The molecule has 0 heterocycles. The molecule has 2 nitrogen and oxygen atoms in total. The molecule has 0 bridgehead atoms. The Bertz CT molecular complexity index is 103. The average Bonchev–Trinajstić information content (AvgIpc) is 1.67. The Morgan fingerprint density at radius 1 is 1.56 bits per heavy atom. The summed E-state index contributed by atoms with van der Waals surface area (Å²) in [6, 6.07) is 0. The minimum absolute atomic E-state index is 0. The summed E-state index contributed by atoms with van der Waals surface area (Å²) in [5.41, 5.74) is 6.20. The highest BCUT2D eigenvalue weighted by Gasteiger charge is 1.92. The summed E-state index contributed by atoms with van der Waals surface area (Å²) in [5, 5.41) is 6.64. The molecule has 0 aromatic heterocycles. The molecule has 3 N–H and O–H groups in total. The second kappa shape index (κ2) is 5.35. The lowest BCUT2D eigenvalue weighted by Gasteiger charge is -2.00. The van der Waals surface area contributed by atoms with Gasteiger partial charge in [-0.3, -0.25) is 0 Å². The van der Waals surface area contributed by atoms with Crippen LogP contribution in [0.4, 0.5) is 0 Å². The summed E-state index contributed by atoms with van der Waals surface area (Å²) < 4.78 is 0. The summed E-state index contributed by atoms with van der Waals surface area (Å²) in [7, 11) is 0. The highest BCUT2D eigenvalue weighted by molar-refractivity contribution is 5.68. The van der Waals surface area contributed by atoms with E-state index in [0.29, 0.717) is 5.92 Å². The third-order valence-corrected chi connectivity index (χ3v) is 0.942. The van der Waals surface area contributed by atoms with Gasteiger partial charge in [-0.25, -0.2) is 0 Å². The van der Waals surface area contributed by atoms with Gasteiger partial charge in [-0.2, -0.15) is 0 Å². The smallest absolute Gasteiger partial charge is 0.0194 e. The van der Waals surface area contributed by atoms with Gasteiger partial charge in [-0.15, -0.1) is 0 Å². The predicted molar refractivity (Wildman–Crippen MR) is 42.6 cm³/mol. The van der Waals surface area contributed by atoms with E-state index in [2.05, 4.69) is 0 Å². The van der Waals surface area contributed by atoms with Gasteiger partial charge < -0.3 is 11.1 Å². The Kier molecular flexibility index (Phi) is 6.58. The van der Waals surface area contributed by atoms with Crippen LogP contribution in [0.25, 0.3) is 0 Å². The fourth-order valence-corrected chi connectivity index (χ4v) is 0.289. The van der Waals surface area contributed by atoms with Crippen molar-refractivity contribution in [1.82, 2.24) is 0 Å². The summed E-state index contributed by atoms with van der Waals surface area (Å²) in [4.78, 5) is 0. The molecule has 0 radical (unpaired) electrons. The van der Waals surface area contributed by atoms with Crippen LogP contribution in [-0.2, 0) is 0 Å². The number of hydrogen-bond donors (Lipinski definition) is 2. The van der Waals surface area contributed by atoms with Crippen LogP contribution in [0, 0.1) is 11.3 Å². The predicted octanol–water partition coefficient (Wildman–Crippen LogP) is 1.77. The van der Waals surface area contributed by atoms with Gasteiger partial charge in [0.1, 0.15) is 0 Å². The molecule has 0 rings (SSSR count). The summed E-state index contributed by atoms with van der Waals surface area (Å²) in [6.07, 6.45) is 2.81. The van der Waals surface area contributed by atoms with Gasteiger partial charge in [-0.1, -0.05) is 21.3 Å². The molecule has 0 atom stereocenters. The van der Waals surface area contributed by atoms with Gasteiger partial charge in [0.05, 0.1) is 0 Å². The van der Waals surface area contributed by atoms with E-state index in [1.54, 1.807) is 6.08 Å². The Balaban J connectivity index is 0. The van der Waals surface area contributed by atoms with Gasteiger partial charge in [0.25, 0.3) is 0 Å². The van der Waals surface area contributed by atoms with Crippen molar-refractivity contribution >= 4 is 6.21 Å². The molecule has 0 aromatic carbocycles. The Labute approximate surface area is 57.3 Å². The van der Waals surface area contributed by atoms with Gasteiger partial charge in [0.2, 0.25) is 0 Å². The van der Waals surface area contributed by atoms with E-state index in [4.69, 9.17) is 11.1 Å². The molecule has 0 amide bonds. The van der Waals surface area contributed by atoms with Crippen molar-refractivity contribution in [2.75, 3.05) is 0 Å². The first-order valence-corrected chi connectivity index (χ1v) is 2.64. The standard InChI is InChI=1S/C6H12N2.CH4/c1-5(2)6(8)3-4-7;/h3-5,7H,8H2,1-2H3;1H4. The van der Waals surface area contributed by atoms with E-state index < -0.39 is 0 Å². The van der Waals surface area contributed by atoms with E-state index in [1.165, 1.54) is 6.21 Å². The molecule has 0 saturated carbocycles. The first-order chi connectivity index (χ1) is 3.68. The van der Waals surface area contributed by atoms with Crippen LogP contribution >= 0.6 is 0 Å². The Morgan fingerprint density at radius 3 is 2.11 bits per heavy atom. The van der Waals surface area contributed by atoms with Crippen LogP contribution in [0.2, 0.25) is 0 Å². The second-order valence-electron chi connectivity index (χ2n) is 1.99. The SMILES string of the molecule is C.CC(C)C(N)=CC=N. The molecule has 0 saturated heterocycles. The number of allylic oxidation sites excluding steroid dienone is 2. The number of nitrogens with two attached hydrogens (primary N) is 1. The van der Waals surface area contributed by atoms with Crippen LogP contribution in [0.3, 0.4) is 0 Å². The van der Waals surface area contributed by atoms with E-state index in [9.17, 15) is 0 Å². The molecular weight excluding hydrogens is 112 g/mol. The lowest BCUT2D eigenvalue weighted by molar-refractivity contribution is 0.759. The lowest BCUT2D eigenvalue weighted by Crippen LogP contribution is -2.04. The van der Waals surface area contributed by atoms with Crippen molar-refractivity contribution in [3.05, 3.63) is 11.8 Å². The molecule has 0 spiro atoms. The largest absolute Gasteiger partial charge is 0.402 e. The second-order valence-corrected chi connectivity index (χ2v) is 1.99. The van der Waals surface area contributed by atoms with Crippen LogP contribution in [0.5, 0.6) is 0 Å². The molecule has 0 fully saturated rings. The third kappa shape index (κ3) is 5.07. The van der Waals surface area contributed by atoms with Crippen LogP contribution in [-0.4, -0.2) is 6.21 Å². The zero-order valence-corrected chi connectivity index (χ0v) is 5.31. The van der Waals surface area contributed by atoms with Gasteiger partial charge in [0.15, 0.2) is 0 Å². The van der Waals surface area contributed by atoms with Crippen LogP contribution in [0.15, 0.2) is 11.8 Å². The molecule has 0 aliphatic heterocycles. The van der Waals surface area contributed by atoms with Crippen molar-refractivity contribution in [3.63, 3.8) is 0 Å². The fraction of sp³-hybridized carbons (Fsp3) is 0.571. The van der Waals surface area contributed by atoms with Gasteiger partial charge in [-0.05, 0) is 12.0 Å². The topological polar surface area (TPSA) is 49.9 Å². The van der Waals surface area contributed by atoms with E-state index in [1.807, 2.05) is 13.8 Å². The van der Waals surface area contributed by atoms with Crippen molar-refractivity contribution < 1.29 is 0 Å². The highest BCUT2D eigenvalue weighted by Crippen LogP contribution is 1.99. The number of nitrogens with one attached hydrogen (secondary N) is 1. The minimum Gasteiger partial charge on any atom is -0.402 e. The van der Waals surface area contributed by atoms with E-state index in [-0.39, 0.29) is 7.43 Å². The maximum Gasteiger partial charge on any atom is 0.0194 e. The molecule has 54 valence electrons. The normalized spacial score (nSPS) is 10.8. The minimum atomic E-state index is 0. The molecule has 0 aliphatic carbocycles. The number of rotatable bonds is 2. The van der Waals surface area contributed by atoms with Crippen molar-refractivity contribution in [2.45, 2.75) is 21.3 Å². The maximum atomic E-state index is 6.64. The fourth-order valence-electron chi connectivity index (χ4n) is 0.289. The van der Waals surface area contributed by atoms with Crippen molar-refractivity contribution in [3.8, 4) is 0 Å². The van der Waals surface area contributed by atoms with Crippen molar-refractivity contribution in [1.29, 1.82) is 5.41 Å². The summed E-state index contributed by atoms with van der Waals surface area (Å²) in [5.74, 6) is 0.358. The van der Waals surface area contributed by atoms with Crippen LogP contribution in [0.1, 0.15) is 21.3 Å². The lowest BCUT2D eigenvalue weighted by atomic mass is 10.1. The molecule has 0 unspecified atom stereocenters. The molecular formula is C7H16N2. The monoisotopic (exact) mass is 128 g/mol.